The molecular formula is C12H17F3N4O2. The van der Waals surface area contributed by atoms with E-state index < -0.39 is 18.1 Å². The number of aliphatic carboxylic acids is 1. The van der Waals surface area contributed by atoms with Crippen molar-refractivity contribution in [3.63, 3.8) is 0 Å². The van der Waals surface area contributed by atoms with Crippen LogP contribution < -0.4 is 0 Å². The largest absolute Gasteiger partial charge is 0.481 e. The van der Waals surface area contributed by atoms with Gasteiger partial charge in [-0.05, 0) is 42.5 Å². The average Bonchev–Trinajstić information content (AvgIpc) is 2.86. The lowest BCUT2D eigenvalue weighted by Gasteiger charge is -2.29. The van der Waals surface area contributed by atoms with Crippen LogP contribution in [0.3, 0.4) is 0 Å². The summed E-state index contributed by atoms with van der Waals surface area (Å²) in [6.07, 6.45) is -2.72. The zero-order valence-corrected chi connectivity index (χ0v) is 11.4. The third kappa shape index (κ3) is 4.15. The Morgan fingerprint density at radius 2 is 1.95 bits per heavy atom. The third-order valence-corrected chi connectivity index (χ3v) is 3.88. The van der Waals surface area contributed by atoms with Gasteiger partial charge in [-0.15, -0.1) is 5.10 Å². The van der Waals surface area contributed by atoms with Gasteiger partial charge in [0, 0.05) is 18.9 Å². The zero-order valence-electron chi connectivity index (χ0n) is 11.4. The molecule has 1 N–H and O–H groups in total. The Hall–Kier alpha value is -1.67. The Morgan fingerprint density at radius 3 is 2.52 bits per heavy atom. The van der Waals surface area contributed by atoms with Crippen molar-refractivity contribution in [2.24, 2.45) is 5.92 Å². The van der Waals surface area contributed by atoms with Gasteiger partial charge in [-0.3, -0.25) is 4.79 Å². The first-order chi connectivity index (χ1) is 9.88. The van der Waals surface area contributed by atoms with E-state index >= 15 is 0 Å². The maximum atomic E-state index is 12.6. The molecule has 0 radical (unpaired) electrons. The predicted octanol–water partition coefficient (Wildman–Crippen LogP) is 2.37. The molecule has 0 atom stereocenters. The SMILES string of the molecule is O=C(O)CCCn1nnnc1C1CCC(C(F)(F)F)CC1. The number of tetrazole rings is 1. The third-order valence-electron chi connectivity index (χ3n) is 3.88. The van der Waals surface area contributed by atoms with E-state index in [4.69, 9.17) is 5.11 Å². The maximum absolute atomic E-state index is 12.6. The highest BCUT2D eigenvalue weighted by molar-refractivity contribution is 5.66. The monoisotopic (exact) mass is 306 g/mol. The van der Waals surface area contributed by atoms with Gasteiger partial charge in [-0.1, -0.05) is 0 Å². The molecule has 0 unspecified atom stereocenters. The highest BCUT2D eigenvalue weighted by atomic mass is 19.4. The smallest absolute Gasteiger partial charge is 0.391 e. The Kier molecular flexibility index (Phi) is 4.79. The Bertz CT molecular complexity index is 481. The van der Waals surface area contributed by atoms with Crippen molar-refractivity contribution in [1.29, 1.82) is 0 Å². The van der Waals surface area contributed by atoms with E-state index in [0.717, 1.165) is 0 Å². The summed E-state index contributed by atoms with van der Waals surface area (Å²) in [6.45, 7) is 0.369. The molecule has 1 aromatic heterocycles. The Labute approximate surface area is 119 Å². The van der Waals surface area contributed by atoms with Gasteiger partial charge in [-0.25, -0.2) is 4.68 Å². The lowest BCUT2D eigenvalue weighted by molar-refractivity contribution is -0.182. The fourth-order valence-electron chi connectivity index (χ4n) is 2.72. The fourth-order valence-corrected chi connectivity index (χ4v) is 2.72. The maximum Gasteiger partial charge on any atom is 0.391 e. The molecule has 1 fully saturated rings. The van der Waals surface area contributed by atoms with Crippen molar-refractivity contribution in [3.05, 3.63) is 5.82 Å². The van der Waals surface area contributed by atoms with E-state index in [9.17, 15) is 18.0 Å². The number of carbonyl (C=O) groups is 1. The van der Waals surface area contributed by atoms with Gasteiger partial charge in [-0.2, -0.15) is 13.2 Å². The van der Waals surface area contributed by atoms with Crippen molar-refractivity contribution in [2.45, 2.75) is 57.2 Å². The van der Waals surface area contributed by atoms with Gasteiger partial charge in [0.2, 0.25) is 0 Å². The molecule has 0 amide bonds. The number of carboxylic acid groups (broad SMARTS) is 1. The number of aromatic nitrogens is 4. The molecule has 118 valence electrons. The van der Waals surface area contributed by atoms with E-state index in [-0.39, 0.29) is 25.2 Å². The first kappa shape index (κ1) is 15.7. The first-order valence-electron chi connectivity index (χ1n) is 6.92. The van der Waals surface area contributed by atoms with Crippen molar-refractivity contribution in [1.82, 2.24) is 20.2 Å². The molecule has 1 aromatic rings. The lowest BCUT2D eigenvalue weighted by atomic mass is 9.81. The summed E-state index contributed by atoms with van der Waals surface area (Å²) in [7, 11) is 0. The predicted molar refractivity (Wildman–Crippen MR) is 65.4 cm³/mol. The molecular weight excluding hydrogens is 289 g/mol. The van der Waals surface area contributed by atoms with Crippen LogP contribution >= 0.6 is 0 Å². The number of aryl methyl sites for hydroxylation is 1. The highest BCUT2D eigenvalue weighted by Gasteiger charge is 2.42. The number of rotatable bonds is 5. The molecule has 21 heavy (non-hydrogen) atoms. The average molecular weight is 306 g/mol. The lowest BCUT2D eigenvalue weighted by Crippen LogP contribution is -2.28. The molecule has 1 aliphatic carbocycles. The topological polar surface area (TPSA) is 80.9 Å². The highest BCUT2D eigenvalue weighted by Crippen LogP contribution is 2.42. The molecule has 6 nitrogen and oxygen atoms in total. The van der Waals surface area contributed by atoms with Crippen LogP contribution in [0.1, 0.15) is 50.3 Å². The molecule has 2 rings (SSSR count). The molecule has 0 saturated heterocycles. The molecule has 0 bridgehead atoms. The van der Waals surface area contributed by atoms with Gasteiger partial charge < -0.3 is 5.11 Å². The second-order valence-electron chi connectivity index (χ2n) is 5.35. The Balaban J connectivity index is 1.92. The van der Waals surface area contributed by atoms with Crippen molar-refractivity contribution >= 4 is 5.97 Å². The molecule has 0 spiro atoms. The second kappa shape index (κ2) is 6.40. The van der Waals surface area contributed by atoms with Crippen LogP contribution in [0.15, 0.2) is 0 Å². The zero-order chi connectivity index (χ0) is 15.5. The number of carboxylic acids is 1. The molecule has 0 aromatic carbocycles. The minimum absolute atomic E-state index is 0.0140. The van der Waals surface area contributed by atoms with E-state index in [2.05, 4.69) is 15.5 Å². The fraction of sp³-hybridized carbons (Fsp3) is 0.833. The van der Waals surface area contributed by atoms with E-state index in [1.54, 1.807) is 0 Å². The number of hydrogen-bond acceptors (Lipinski definition) is 4. The van der Waals surface area contributed by atoms with Gasteiger partial charge in [0.05, 0.1) is 5.92 Å². The van der Waals surface area contributed by atoms with Crippen molar-refractivity contribution in [2.75, 3.05) is 0 Å². The van der Waals surface area contributed by atoms with E-state index in [0.29, 0.717) is 31.6 Å². The van der Waals surface area contributed by atoms with Crippen LogP contribution in [0.2, 0.25) is 0 Å². The van der Waals surface area contributed by atoms with Gasteiger partial charge in [0.1, 0.15) is 0 Å². The molecule has 9 heteroatoms. The number of hydrogen-bond donors (Lipinski definition) is 1. The van der Waals surface area contributed by atoms with Crippen molar-refractivity contribution < 1.29 is 23.1 Å². The summed E-state index contributed by atoms with van der Waals surface area (Å²) >= 11 is 0. The number of alkyl halides is 3. The van der Waals surface area contributed by atoms with Gasteiger partial charge >= 0.3 is 12.1 Å². The van der Waals surface area contributed by atoms with Crippen LogP contribution in [-0.4, -0.2) is 37.5 Å². The summed E-state index contributed by atoms with van der Waals surface area (Å²) in [4.78, 5) is 10.5. The summed E-state index contributed by atoms with van der Waals surface area (Å²) < 4.78 is 39.4. The van der Waals surface area contributed by atoms with Crippen LogP contribution in [0.25, 0.3) is 0 Å². The van der Waals surface area contributed by atoms with Crippen molar-refractivity contribution in [3.8, 4) is 0 Å². The summed E-state index contributed by atoms with van der Waals surface area (Å²) in [6, 6.07) is 0. The molecule has 1 heterocycles. The quantitative estimate of drug-likeness (QED) is 0.903. The minimum atomic E-state index is -4.13. The van der Waals surface area contributed by atoms with Crippen LogP contribution in [0.4, 0.5) is 13.2 Å². The standard InChI is InChI=1S/C12H17F3N4O2/c13-12(14,15)9-5-3-8(4-6-9)11-16-17-18-19(11)7-1-2-10(20)21/h8-9H,1-7H2,(H,20,21). The number of nitrogens with zero attached hydrogens (tertiary/aromatic N) is 4. The van der Waals surface area contributed by atoms with Crippen LogP contribution in [0.5, 0.6) is 0 Å². The van der Waals surface area contributed by atoms with E-state index in [1.165, 1.54) is 4.68 Å². The molecule has 1 saturated carbocycles. The molecule has 1 aliphatic rings. The summed E-state index contributed by atoms with van der Waals surface area (Å²) in [5.41, 5.74) is 0. The summed E-state index contributed by atoms with van der Waals surface area (Å²) in [5, 5.41) is 19.8. The second-order valence-corrected chi connectivity index (χ2v) is 5.35. The van der Waals surface area contributed by atoms with Crippen LogP contribution in [-0.2, 0) is 11.3 Å². The first-order valence-corrected chi connectivity index (χ1v) is 6.92. The Morgan fingerprint density at radius 1 is 1.29 bits per heavy atom. The molecule has 0 aliphatic heterocycles. The minimum Gasteiger partial charge on any atom is -0.481 e. The van der Waals surface area contributed by atoms with Gasteiger partial charge in [0.15, 0.2) is 5.82 Å². The number of halogens is 3. The summed E-state index contributed by atoms with van der Waals surface area (Å²) in [5.74, 6) is -1.63. The van der Waals surface area contributed by atoms with Gasteiger partial charge in [0.25, 0.3) is 0 Å². The van der Waals surface area contributed by atoms with Crippen LogP contribution in [0, 0.1) is 5.92 Å². The normalized spacial score (nSPS) is 23.2. The van der Waals surface area contributed by atoms with E-state index in [1.807, 2.05) is 0 Å².